The van der Waals surface area contributed by atoms with Gasteiger partial charge in [0.15, 0.2) is 17.5 Å². The van der Waals surface area contributed by atoms with Crippen LogP contribution in [0.2, 0.25) is 5.02 Å². The maximum Gasteiger partial charge on any atom is 0.315 e. The fraction of sp³-hybridized carbons (Fsp3) is 0.463. The van der Waals surface area contributed by atoms with E-state index in [4.69, 9.17) is 11.6 Å². The predicted octanol–water partition coefficient (Wildman–Crippen LogP) is 4.39. The minimum atomic E-state index is -1.12. The number of halogens is 3. The van der Waals surface area contributed by atoms with Gasteiger partial charge in [0, 0.05) is 86.2 Å². The van der Waals surface area contributed by atoms with Gasteiger partial charge in [0.05, 0.1) is 55.4 Å². The second kappa shape index (κ2) is 18.5. The fourth-order valence-electron chi connectivity index (χ4n) is 6.87. The Morgan fingerprint density at radius 2 is 1.62 bits per heavy atom. The number of hydrogen-bond donors (Lipinski definition) is 4. The number of rotatable bonds is 13. The van der Waals surface area contributed by atoms with E-state index in [0.29, 0.717) is 49.7 Å². The van der Waals surface area contributed by atoms with Crippen molar-refractivity contribution >= 4 is 41.0 Å². The zero-order chi connectivity index (χ0) is 42.5. The minimum absolute atomic E-state index is 0.0108. The van der Waals surface area contributed by atoms with Crippen LogP contribution in [0.1, 0.15) is 67.2 Å². The number of quaternary nitrogens is 1. The highest BCUT2D eigenvalue weighted by molar-refractivity contribution is 6.34. The molecule has 4 aromatic rings. The number of anilines is 1. The number of aryl methyl sites for hydroxylation is 1. The van der Waals surface area contributed by atoms with Crippen LogP contribution in [0.4, 0.5) is 19.3 Å². The molecule has 1 unspecified atom stereocenters. The standard InChI is InChI=1S/C41H53ClF2N10O4/c1-9-26(14-16-50(6)7)38(56)52-18-20-53(21-19-52)39(57)29-11-10-27(22-32(29)42)47-37(55)36-46-23-33(51(36)8)30-13-12-28(34(43)35(30)44)31-24-54(49-25(31)2)17-15-45-40(58)48-41(3,4)5/h10-13,22-24,26H,9,14-21H2,1-8H3,(H,47,55)(H2,45,48,58)/p+1. The van der Waals surface area contributed by atoms with Crippen LogP contribution in [0.25, 0.3) is 22.4 Å². The number of urea groups is 1. The number of hydrogen-bond acceptors (Lipinski definition) is 6. The zero-order valence-corrected chi connectivity index (χ0v) is 35.2. The molecule has 14 nitrogen and oxygen atoms in total. The monoisotopic (exact) mass is 823 g/mol. The first kappa shape index (κ1) is 43.8. The van der Waals surface area contributed by atoms with Crippen LogP contribution >= 0.6 is 11.6 Å². The lowest BCUT2D eigenvalue weighted by Crippen LogP contribution is -3.05. The molecular formula is C41H54ClF2N10O4+. The van der Waals surface area contributed by atoms with E-state index >= 15 is 8.78 Å². The maximum absolute atomic E-state index is 15.7. The van der Waals surface area contributed by atoms with Gasteiger partial charge in [-0.1, -0.05) is 24.6 Å². The van der Waals surface area contributed by atoms with Crippen LogP contribution in [0, 0.1) is 24.5 Å². The lowest BCUT2D eigenvalue weighted by molar-refractivity contribution is -0.858. The molecule has 58 heavy (non-hydrogen) atoms. The molecule has 0 saturated carbocycles. The highest BCUT2D eigenvalue weighted by Crippen LogP contribution is 2.33. The van der Waals surface area contributed by atoms with Gasteiger partial charge in [0.1, 0.15) is 0 Å². The molecule has 1 aliphatic rings. The fourth-order valence-corrected chi connectivity index (χ4v) is 7.13. The van der Waals surface area contributed by atoms with E-state index in [1.807, 2.05) is 32.6 Å². The number of benzene rings is 2. The molecule has 1 saturated heterocycles. The molecule has 5 amide bonds. The normalized spacial score (nSPS) is 13.8. The highest BCUT2D eigenvalue weighted by Gasteiger charge is 2.30. The van der Waals surface area contributed by atoms with Crippen LogP contribution in [-0.4, -0.2) is 112 Å². The Morgan fingerprint density at radius 1 is 0.966 bits per heavy atom. The number of nitrogens with one attached hydrogen (secondary N) is 4. The Morgan fingerprint density at radius 3 is 2.26 bits per heavy atom. The summed E-state index contributed by atoms with van der Waals surface area (Å²) < 4.78 is 34.3. The molecule has 312 valence electrons. The van der Waals surface area contributed by atoms with Crippen molar-refractivity contribution in [2.24, 2.45) is 13.0 Å². The number of nitrogens with zero attached hydrogens (tertiary/aromatic N) is 6. The summed E-state index contributed by atoms with van der Waals surface area (Å²) in [4.78, 5) is 61.0. The van der Waals surface area contributed by atoms with Gasteiger partial charge in [0.2, 0.25) is 5.91 Å². The van der Waals surface area contributed by atoms with E-state index < -0.39 is 23.1 Å². The second-order valence-corrected chi connectivity index (χ2v) is 16.4. The van der Waals surface area contributed by atoms with Gasteiger partial charge in [-0.3, -0.25) is 19.1 Å². The third-order valence-electron chi connectivity index (χ3n) is 10.1. The van der Waals surface area contributed by atoms with Gasteiger partial charge in [0.25, 0.3) is 11.8 Å². The summed E-state index contributed by atoms with van der Waals surface area (Å²) in [6.07, 6.45) is 4.47. The third kappa shape index (κ3) is 10.4. The second-order valence-electron chi connectivity index (χ2n) is 16.0. The van der Waals surface area contributed by atoms with Gasteiger partial charge >= 0.3 is 6.03 Å². The van der Waals surface area contributed by atoms with Crippen molar-refractivity contribution in [1.29, 1.82) is 0 Å². The van der Waals surface area contributed by atoms with Crippen LogP contribution in [0.5, 0.6) is 0 Å². The molecule has 4 N–H and O–H groups in total. The molecule has 0 aliphatic carbocycles. The lowest BCUT2D eigenvalue weighted by atomic mass is 10.00. The number of carbonyl (C=O) groups excluding carboxylic acids is 4. The van der Waals surface area contributed by atoms with Crippen molar-refractivity contribution in [3.05, 3.63) is 76.5 Å². The van der Waals surface area contributed by atoms with Crippen LogP contribution in [0.3, 0.4) is 0 Å². The summed E-state index contributed by atoms with van der Waals surface area (Å²) in [7, 11) is 5.65. The number of aromatic nitrogens is 4. The Balaban J connectivity index is 1.21. The largest absolute Gasteiger partial charge is 0.340 e. The summed E-state index contributed by atoms with van der Waals surface area (Å²) in [5.41, 5.74) is 1.13. The number of piperazine rings is 1. The molecule has 1 atom stereocenters. The molecule has 1 aliphatic heterocycles. The predicted molar refractivity (Wildman–Crippen MR) is 219 cm³/mol. The lowest BCUT2D eigenvalue weighted by Gasteiger charge is -2.36. The van der Waals surface area contributed by atoms with Gasteiger partial charge in [-0.2, -0.15) is 5.10 Å². The van der Waals surface area contributed by atoms with Gasteiger partial charge in [-0.15, -0.1) is 0 Å². The summed E-state index contributed by atoms with van der Waals surface area (Å²) in [6, 6.07) is 7.10. The SMILES string of the molecule is CCC(CC[NH+](C)C)C(=O)N1CCN(C(=O)c2ccc(NC(=O)c3ncc(-c4ccc(-c5cn(CCNC(=O)NC(C)(C)C)nc5C)c(F)c4F)n3C)cc2Cl)CC1. The molecule has 2 aromatic heterocycles. The van der Waals surface area contributed by atoms with Gasteiger partial charge in [-0.25, -0.2) is 18.6 Å². The topological polar surface area (TPSA) is 151 Å². The summed E-state index contributed by atoms with van der Waals surface area (Å²) in [5, 5.41) is 12.8. The van der Waals surface area contributed by atoms with Crippen molar-refractivity contribution < 1.29 is 32.9 Å². The Kier molecular flexibility index (Phi) is 14.0. The molecule has 17 heteroatoms. The number of amides is 5. The van der Waals surface area contributed by atoms with Crippen molar-refractivity contribution in [3.8, 4) is 22.4 Å². The third-order valence-corrected chi connectivity index (χ3v) is 10.4. The van der Waals surface area contributed by atoms with Crippen LogP contribution < -0.4 is 20.9 Å². The Hall–Kier alpha value is -5.35. The van der Waals surface area contributed by atoms with Crippen molar-refractivity contribution in [1.82, 2.24) is 39.8 Å². The average Bonchev–Trinajstić information content (AvgIpc) is 3.73. The average molecular weight is 824 g/mol. The smallest absolute Gasteiger partial charge is 0.315 e. The van der Waals surface area contributed by atoms with E-state index in [-0.39, 0.29) is 63.5 Å². The molecule has 0 spiro atoms. The van der Waals surface area contributed by atoms with Crippen molar-refractivity contribution in [2.45, 2.75) is 59.5 Å². The summed E-state index contributed by atoms with van der Waals surface area (Å²) in [6.45, 7) is 12.5. The van der Waals surface area contributed by atoms with Crippen LogP contribution in [0.15, 0.2) is 42.7 Å². The maximum atomic E-state index is 15.7. The molecule has 0 radical (unpaired) electrons. The van der Waals surface area contributed by atoms with E-state index in [1.54, 1.807) is 28.8 Å². The van der Waals surface area contributed by atoms with E-state index in [1.165, 1.54) is 47.0 Å². The minimum Gasteiger partial charge on any atom is -0.340 e. The van der Waals surface area contributed by atoms with E-state index in [2.05, 4.69) is 40.1 Å². The first-order valence-electron chi connectivity index (χ1n) is 19.5. The molecule has 0 bridgehead atoms. The first-order chi connectivity index (χ1) is 27.4. The number of carbonyl (C=O) groups is 4. The van der Waals surface area contributed by atoms with E-state index in [9.17, 15) is 19.2 Å². The number of imidazole rings is 1. The van der Waals surface area contributed by atoms with Crippen molar-refractivity contribution in [2.75, 3.05) is 58.7 Å². The van der Waals surface area contributed by atoms with E-state index in [0.717, 1.165) is 19.4 Å². The molecule has 1 fully saturated rings. The highest BCUT2D eigenvalue weighted by atomic mass is 35.5. The van der Waals surface area contributed by atoms with Gasteiger partial charge < -0.3 is 35.2 Å². The molecule has 2 aromatic carbocycles. The van der Waals surface area contributed by atoms with Gasteiger partial charge in [-0.05, 0) is 58.4 Å². The molecule has 5 rings (SSSR count). The zero-order valence-electron chi connectivity index (χ0n) is 34.4. The summed E-state index contributed by atoms with van der Waals surface area (Å²) in [5.74, 6) is -3.09. The summed E-state index contributed by atoms with van der Waals surface area (Å²) >= 11 is 6.56. The quantitative estimate of drug-likeness (QED) is 0.157. The first-order valence-corrected chi connectivity index (χ1v) is 19.8. The molecule has 3 heterocycles. The molecular weight excluding hydrogens is 770 g/mol. The van der Waals surface area contributed by atoms with Crippen LogP contribution in [-0.2, 0) is 18.4 Å². The van der Waals surface area contributed by atoms with Crippen molar-refractivity contribution in [3.63, 3.8) is 0 Å². The Bertz CT molecular complexity index is 2150. The Labute approximate surface area is 342 Å².